The molecule has 0 atom stereocenters. The molecule has 0 aromatic heterocycles. The maximum Gasteiger partial charge on any atom is 0.318 e. The minimum atomic E-state index is -0.857. The Morgan fingerprint density at radius 2 is 1.74 bits per heavy atom. The Morgan fingerprint density at radius 1 is 1.09 bits per heavy atom. The smallest absolute Gasteiger partial charge is 0.318 e. The van der Waals surface area contributed by atoms with Crippen LogP contribution in [0.4, 0.5) is 10.5 Å². The minimum Gasteiger partial charge on any atom is -0.497 e. The average Bonchev–Trinajstić information content (AvgIpc) is 2.54. The number of amides is 3. The van der Waals surface area contributed by atoms with Gasteiger partial charge in [-0.05, 0) is 29.8 Å². The molecule has 0 radical (unpaired) electrons. The molecule has 2 aromatic carbocycles. The zero-order chi connectivity index (χ0) is 16.7. The van der Waals surface area contributed by atoms with Gasteiger partial charge < -0.3 is 15.4 Å². The van der Waals surface area contributed by atoms with E-state index < -0.39 is 11.9 Å². The lowest BCUT2D eigenvalue weighted by molar-refractivity contribution is -0.118. The van der Waals surface area contributed by atoms with E-state index in [0.29, 0.717) is 6.54 Å². The number of nitrogens with two attached hydrogens (primary N) is 1. The summed E-state index contributed by atoms with van der Waals surface area (Å²) in [7, 11) is 1.59. The second-order valence-corrected chi connectivity index (χ2v) is 4.95. The largest absolute Gasteiger partial charge is 0.497 e. The number of hydrogen-bond acceptors (Lipinski definition) is 4. The number of anilines is 1. The number of urea groups is 1. The average molecular weight is 313 g/mol. The van der Waals surface area contributed by atoms with Crippen LogP contribution in [0, 0.1) is 0 Å². The number of nitrogens with zero attached hydrogens (tertiary/aromatic N) is 1. The highest BCUT2D eigenvalue weighted by Crippen LogP contribution is 2.21. The molecule has 0 spiro atoms. The van der Waals surface area contributed by atoms with Crippen molar-refractivity contribution in [2.24, 2.45) is 5.73 Å². The predicted molar refractivity (Wildman–Crippen MR) is 88.2 cm³/mol. The number of primary amides is 1. The standard InChI is InChI=1S/C17H19N3O3/c1-23-15-9-7-14(8-10-15)20(12-16(21)19-17(18)22)11-13-5-3-2-4-6-13/h2-10H,11-12H2,1H3,(H3,18,19,21,22). The lowest BCUT2D eigenvalue weighted by atomic mass is 10.2. The van der Waals surface area contributed by atoms with Gasteiger partial charge in [-0.2, -0.15) is 0 Å². The molecule has 6 nitrogen and oxygen atoms in total. The van der Waals surface area contributed by atoms with Gasteiger partial charge in [0, 0.05) is 12.2 Å². The van der Waals surface area contributed by atoms with E-state index in [0.717, 1.165) is 17.0 Å². The molecule has 0 saturated heterocycles. The monoisotopic (exact) mass is 313 g/mol. The van der Waals surface area contributed by atoms with E-state index >= 15 is 0 Å². The summed E-state index contributed by atoms with van der Waals surface area (Å²) in [5.74, 6) is 0.277. The Kier molecular flexibility index (Phi) is 5.57. The summed E-state index contributed by atoms with van der Waals surface area (Å²) in [6.07, 6.45) is 0. The third-order valence-corrected chi connectivity index (χ3v) is 3.25. The van der Waals surface area contributed by atoms with Crippen molar-refractivity contribution in [3.8, 4) is 5.75 Å². The van der Waals surface area contributed by atoms with Gasteiger partial charge in [-0.25, -0.2) is 4.79 Å². The van der Waals surface area contributed by atoms with Gasteiger partial charge in [0.1, 0.15) is 5.75 Å². The van der Waals surface area contributed by atoms with Crippen LogP contribution in [0.5, 0.6) is 5.75 Å². The van der Waals surface area contributed by atoms with E-state index in [1.807, 2.05) is 59.5 Å². The van der Waals surface area contributed by atoms with Gasteiger partial charge in [0.15, 0.2) is 0 Å². The van der Waals surface area contributed by atoms with Crippen molar-refractivity contribution in [3.05, 3.63) is 60.2 Å². The summed E-state index contributed by atoms with van der Waals surface area (Å²) in [5.41, 5.74) is 6.89. The van der Waals surface area contributed by atoms with Crippen LogP contribution in [0.25, 0.3) is 0 Å². The molecule has 3 N–H and O–H groups in total. The van der Waals surface area contributed by atoms with Crippen LogP contribution in [-0.2, 0) is 11.3 Å². The van der Waals surface area contributed by atoms with E-state index in [1.165, 1.54) is 0 Å². The normalized spacial score (nSPS) is 9.96. The van der Waals surface area contributed by atoms with Gasteiger partial charge >= 0.3 is 6.03 Å². The van der Waals surface area contributed by atoms with Crippen LogP contribution in [0.1, 0.15) is 5.56 Å². The first-order valence-corrected chi connectivity index (χ1v) is 7.10. The molecule has 23 heavy (non-hydrogen) atoms. The van der Waals surface area contributed by atoms with E-state index in [-0.39, 0.29) is 6.54 Å². The summed E-state index contributed by atoms with van der Waals surface area (Å²) in [4.78, 5) is 24.6. The SMILES string of the molecule is COc1ccc(N(CC(=O)NC(N)=O)Cc2ccccc2)cc1. The van der Waals surface area contributed by atoms with Gasteiger partial charge in [0.2, 0.25) is 5.91 Å². The van der Waals surface area contributed by atoms with Crippen LogP contribution in [0.3, 0.4) is 0 Å². The fourth-order valence-corrected chi connectivity index (χ4v) is 2.19. The first-order chi connectivity index (χ1) is 11.1. The molecule has 0 aliphatic rings. The topological polar surface area (TPSA) is 84.7 Å². The Balaban J connectivity index is 2.18. The fourth-order valence-electron chi connectivity index (χ4n) is 2.19. The Hall–Kier alpha value is -3.02. The van der Waals surface area contributed by atoms with E-state index in [9.17, 15) is 9.59 Å². The summed E-state index contributed by atoms with van der Waals surface area (Å²) in [6, 6.07) is 16.3. The molecular formula is C17H19N3O3. The van der Waals surface area contributed by atoms with E-state index in [2.05, 4.69) is 5.32 Å². The first-order valence-electron chi connectivity index (χ1n) is 7.10. The second kappa shape index (κ2) is 7.84. The molecule has 0 bridgehead atoms. The molecule has 6 heteroatoms. The number of hydrogen-bond donors (Lipinski definition) is 2. The van der Waals surface area contributed by atoms with Crippen LogP contribution < -0.4 is 20.7 Å². The molecular weight excluding hydrogens is 294 g/mol. The lowest BCUT2D eigenvalue weighted by Gasteiger charge is -2.24. The number of nitrogens with one attached hydrogen (secondary N) is 1. The van der Waals surface area contributed by atoms with Gasteiger partial charge in [-0.15, -0.1) is 0 Å². The molecule has 0 aliphatic carbocycles. The number of methoxy groups -OCH3 is 1. The van der Waals surface area contributed by atoms with Crippen molar-refractivity contribution >= 4 is 17.6 Å². The van der Waals surface area contributed by atoms with E-state index in [4.69, 9.17) is 10.5 Å². The number of benzene rings is 2. The summed E-state index contributed by atoms with van der Waals surface area (Å²) < 4.78 is 5.14. The molecule has 2 rings (SSSR count). The maximum atomic E-state index is 11.9. The third kappa shape index (κ3) is 5.03. The molecule has 0 heterocycles. The van der Waals surface area contributed by atoms with E-state index in [1.54, 1.807) is 7.11 Å². The number of carbonyl (C=O) groups excluding carboxylic acids is 2. The zero-order valence-electron chi connectivity index (χ0n) is 12.9. The number of carbonyl (C=O) groups is 2. The van der Waals surface area contributed by atoms with Gasteiger partial charge in [-0.1, -0.05) is 30.3 Å². The maximum absolute atomic E-state index is 11.9. The van der Waals surface area contributed by atoms with Crippen LogP contribution in [-0.4, -0.2) is 25.6 Å². The molecule has 0 unspecified atom stereocenters. The number of ether oxygens (including phenoxy) is 1. The quantitative estimate of drug-likeness (QED) is 0.853. The highest BCUT2D eigenvalue weighted by molar-refractivity contribution is 5.95. The van der Waals surface area contributed by atoms with Crippen LogP contribution >= 0.6 is 0 Å². The van der Waals surface area contributed by atoms with Crippen molar-refractivity contribution in [1.82, 2.24) is 5.32 Å². The summed E-state index contributed by atoms with van der Waals surface area (Å²) in [5, 5.41) is 2.08. The fraction of sp³-hybridized carbons (Fsp3) is 0.176. The van der Waals surface area contributed by atoms with Gasteiger partial charge in [0.05, 0.1) is 13.7 Å². The Labute approximate surface area is 134 Å². The summed E-state index contributed by atoms with van der Waals surface area (Å²) >= 11 is 0. The Bertz CT molecular complexity index is 657. The number of rotatable bonds is 6. The van der Waals surface area contributed by atoms with Crippen molar-refractivity contribution in [2.45, 2.75) is 6.54 Å². The zero-order valence-corrected chi connectivity index (χ0v) is 12.9. The van der Waals surface area contributed by atoms with Crippen molar-refractivity contribution in [1.29, 1.82) is 0 Å². The van der Waals surface area contributed by atoms with Crippen LogP contribution in [0.2, 0.25) is 0 Å². The van der Waals surface area contributed by atoms with Gasteiger partial charge in [-0.3, -0.25) is 10.1 Å². The second-order valence-electron chi connectivity index (χ2n) is 4.95. The molecule has 0 saturated carbocycles. The highest BCUT2D eigenvalue weighted by Gasteiger charge is 2.13. The van der Waals surface area contributed by atoms with Crippen molar-refractivity contribution < 1.29 is 14.3 Å². The number of imide groups is 1. The Morgan fingerprint density at radius 3 is 2.30 bits per heavy atom. The van der Waals surface area contributed by atoms with Gasteiger partial charge in [0.25, 0.3) is 0 Å². The summed E-state index contributed by atoms with van der Waals surface area (Å²) in [6.45, 7) is 0.545. The van der Waals surface area contributed by atoms with Crippen molar-refractivity contribution in [3.63, 3.8) is 0 Å². The third-order valence-electron chi connectivity index (χ3n) is 3.25. The van der Waals surface area contributed by atoms with Crippen molar-refractivity contribution in [2.75, 3.05) is 18.6 Å². The van der Waals surface area contributed by atoms with Crippen LogP contribution in [0.15, 0.2) is 54.6 Å². The molecule has 120 valence electrons. The molecule has 2 aromatic rings. The lowest BCUT2D eigenvalue weighted by Crippen LogP contribution is -2.42. The highest BCUT2D eigenvalue weighted by atomic mass is 16.5. The first kappa shape index (κ1) is 16.4. The predicted octanol–water partition coefficient (Wildman–Crippen LogP) is 1.90. The molecule has 0 fully saturated rings. The minimum absolute atomic E-state index is 0.0180. The molecule has 3 amide bonds. The molecule has 0 aliphatic heterocycles.